The van der Waals surface area contributed by atoms with Gasteiger partial charge in [-0.1, -0.05) is 12.1 Å². The third-order valence-corrected chi connectivity index (χ3v) is 1.29. The number of benzene rings is 1. The molecule has 0 aliphatic rings. The summed E-state index contributed by atoms with van der Waals surface area (Å²) >= 11 is 1.84. The molecule has 0 atom stereocenters. The quantitative estimate of drug-likeness (QED) is 0.658. The lowest BCUT2D eigenvalue weighted by Crippen LogP contribution is -1.68. The van der Waals surface area contributed by atoms with Gasteiger partial charge in [-0.15, -0.1) is 0 Å². The Bertz CT molecular complexity index is 150. The van der Waals surface area contributed by atoms with Gasteiger partial charge in [-0.3, -0.25) is 0 Å². The molecule has 0 heterocycles. The van der Waals surface area contributed by atoms with Crippen molar-refractivity contribution in [1.82, 2.24) is 0 Å². The Morgan fingerprint density at radius 3 is 2.38 bits per heavy atom. The SMILES string of the molecule is IOc1cc[c]cc1. The van der Waals surface area contributed by atoms with Crippen LogP contribution in [0, 0.1) is 6.07 Å². The second-order valence-corrected chi connectivity index (χ2v) is 1.75. The highest BCUT2D eigenvalue weighted by Crippen LogP contribution is 2.09. The molecule has 0 fully saturated rings. The van der Waals surface area contributed by atoms with Gasteiger partial charge in [0.25, 0.3) is 0 Å². The van der Waals surface area contributed by atoms with Crippen molar-refractivity contribution in [1.29, 1.82) is 0 Å². The normalized spacial score (nSPS) is 8.62. The van der Waals surface area contributed by atoms with Crippen LogP contribution in [0.5, 0.6) is 5.75 Å². The first-order valence-electron chi connectivity index (χ1n) is 2.18. The summed E-state index contributed by atoms with van der Waals surface area (Å²) in [6.07, 6.45) is 0. The van der Waals surface area contributed by atoms with Crippen molar-refractivity contribution in [3.63, 3.8) is 0 Å². The lowest BCUT2D eigenvalue weighted by Gasteiger charge is -1.90. The van der Waals surface area contributed by atoms with Crippen LogP contribution in [-0.2, 0) is 0 Å². The molecule has 0 aliphatic heterocycles. The standard InChI is InChI=1S/C6H4IO/c7-8-6-4-2-1-3-5-6/h2-5H. The van der Waals surface area contributed by atoms with Gasteiger partial charge in [0, 0.05) is 0 Å². The Hall–Kier alpha value is -0.250. The molecule has 0 aromatic heterocycles. The molecule has 1 radical (unpaired) electrons. The maximum absolute atomic E-state index is 4.86. The number of halogens is 1. The highest BCUT2D eigenvalue weighted by atomic mass is 127. The first-order valence-corrected chi connectivity index (χ1v) is 3.06. The van der Waals surface area contributed by atoms with Crippen LogP contribution in [0.1, 0.15) is 0 Å². The number of hydrogen-bond acceptors (Lipinski definition) is 1. The molecule has 0 N–H and O–H groups in total. The molecular weight excluding hydrogens is 215 g/mol. The average Bonchev–Trinajstić information content (AvgIpc) is 1.90. The van der Waals surface area contributed by atoms with E-state index in [1.54, 1.807) is 0 Å². The fraction of sp³-hybridized carbons (Fsp3) is 0. The Kier molecular flexibility index (Phi) is 2.14. The minimum absolute atomic E-state index is 0.865. The third kappa shape index (κ3) is 1.36. The van der Waals surface area contributed by atoms with E-state index in [1.165, 1.54) is 0 Å². The predicted octanol–water partition coefficient (Wildman–Crippen LogP) is 2.22. The molecule has 0 saturated carbocycles. The predicted molar refractivity (Wildman–Crippen MR) is 39.9 cm³/mol. The maximum atomic E-state index is 4.86. The zero-order valence-corrected chi connectivity index (χ0v) is 6.25. The molecule has 0 unspecified atom stereocenters. The van der Waals surface area contributed by atoms with E-state index in [9.17, 15) is 0 Å². The summed E-state index contributed by atoms with van der Waals surface area (Å²) in [5, 5.41) is 0. The Morgan fingerprint density at radius 2 is 2.00 bits per heavy atom. The molecule has 0 bridgehead atoms. The van der Waals surface area contributed by atoms with Crippen molar-refractivity contribution in [2.24, 2.45) is 0 Å². The second-order valence-electron chi connectivity index (χ2n) is 1.31. The molecule has 41 valence electrons. The first kappa shape index (κ1) is 5.88. The molecule has 1 nitrogen and oxygen atoms in total. The summed E-state index contributed by atoms with van der Waals surface area (Å²) in [7, 11) is 0. The zero-order chi connectivity index (χ0) is 5.82. The van der Waals surface area contributed by atoms with Gasteiger partial charge in [-0.05, 0) is 18.2 Å². The van der Waals surface area contributed by atoms with E-state index in [1.807, 2.05) is 47.3 Å². The topological polar surface area (TPSA) is 9.23 Å². The van der Waals surface area contributed by atoms with Crippen LogP contribution in [0.2, 0.25) is 0 Å². The Labute approximate surface area is 62.4 Å². The Morgan fingerprint density at radius 1 is 1.38 bits per heavy atom. The molecule has 1 aromatic carbocycles. The van der Waals surface area contributed by atoms with Crippen LogP contribution in [0.25, 0.3) is 0 Å². The molecule has 1 aromatic rings. The van der Waals surface area contributed by atoms with Crippen LogP contribution in [0.3, 0.4) is 0 Å². The van der Waals surface area contributed by atoms with E-state index in [4.69, 9.17) is 3.07 Å². The average molecular weight is 219 g/mol. The number of rotatable bonds is 1. The molecule has 0 aliphatic carbocycles. The summed E-state index contributed by atoms with van der Waals surface area (Å²) in [4.78, 5) is 0. The minimum Gasteiger partial charge on any atom is -0.428 e. The highest BCUT2D eigenvalue weighted by Gasteiger charge is 1.82. The van der Waals surface area contributed by atoms with Crippen molar-refractivity contribution in [2.75, 3.05) is 0 Å². The zero-order valence-electron chi connectivity index (χ0n) is 4.10. The largest absolute Gasteiger partial charge is 0.428 e. The van der Waals surface area contributed by atoms with E-state index in [-0.39, 0.29) is 0 Å². The van der Waals surface area contributed by atoms with Crippen molar-refractivity contribution >= 4 is 23.0 Å². The van der Waals surface area contributed by atoms with Crippen LogP contribution in [0.15, 0.2) is 24.3 Å². The third-order valence-electron chi connectivity index (χ3n) is 0.777. The van der Waals surface area contributed by atoms with E-state index < -0.39 is 0 Å². The maximum Gasteiger partial charge on any atom is 0.192 e. The molecule has 8 heavy (non-hydrogen) atoms. The monoisotopic (exact) mass is 219 g/mol. The van der Waals surface area contributed by atoms with E-state index in [0.29, 0.717) is 0 Å². The fourth-order valence-corrected chi connectivity index (χ4v) is 0.717. The molecule has 0 spiro atoms. The van der Waals surface area contributed by atoms with E-state index in [0.717, 1.165) is 5.75 Å². The lowest BCUT2D eigenvalue weighted by atomic mass is 10.3. The van der Waals surface area contributed by atoms with Gasteiger partial charge in [0.1, 0.15) is 5.75 Å². The van der Waals surface area contributed by atoms with Crippen LogP contribution in [-0.4, -0.2) is 0 Å². The first-order chi connectivity index (χ1) is 3.93. The highest BCUT2D eigenvalue weighted by molar-refractivity contribution is 14.1. The van der Waals surface area contributed by atoms with Gasteiger partial charge in [0.2, 0.25) is 0 Å². The second kappa shape index (κ2) is 2.91. The van der Waals surface area contributed by atoms with Gasteiger partial charge >= 0.3 is 0 Å². The summed E-state index contributed by atoms with van der Waals surface area (Å²) in [6, 6.07) is 10.2. The smallest absolute Gasteiger partial charge is 0.192 e. The lowest BCUT2D eigenvalue weighted by molar-refractivity contribution is 0.717. The minimum atomic E-state index is 0.865. The van der Waals surface area contributed by atoms with Crippen molar-refractivity contribution in [2.45, 2.75) is 0 Å². The van der Waals surface area contributed by atoms with Crippen molar-refractivity contribution < 1.29 is 3.07 Å². The Balaban J connectivity index is 2.83. The summed E-state index contributed by atoms with van der Waals surface area (Å²) in [6.45, 7) is 0. The fourth-order valence-electron chi connectivity index (χ4n) is 0.423. The summed E-state index contributed by atoms with van der Waals surface area (Å²) in [5.74, 6) is 0.865. The molecule has 0 saturated heterocycles. The van der Waals surface area contributed by atoms with Crippen molar-refractivity contribution in [3.8, 4) is 5.75 Å². The molecule has 0 amide bonds. The van der Waals surface area contributed by atoms with Gasteiger partial charge in [0.05, 0.1) is 0 Å². The molecule has 1 rings (SSSR count). The van der Waals surface area contributed by atoms with E-state index >= 15 is 0 Å². The molecule has 2 heteroatoms. The number of hydrogen-bond donors (Lipinski definition) is 0. The van der Waals surface area contributed by atoms with Crippen LogP contribution in [0.4, 0.5) is 0 Å². The van der Waals surface area contributed by atoms with Gasteiger partial charge in [-0.2, -0.15) is 0 Å². The van der Waals surface area contributed by atoms with Crippen molar-refractivity contribution in [3.05, 3.63) is 30.3 Å². The van der Waals surface area contributed by atoms with Crippen LogP contribution >= 0.6 is 23.0 Å². The van der Waals surface area contributed by atoms with Crippen LogP contribution < -0.4 is 3.07 Å². The summed E-state index contributed by atoms with van der Waals surface area (Å²) in [5.41, 5.74) is 0. The van der Waals surface area contributed by atoms with E-state index in [2.05, 4.69) is 6.07 Å². The van der Waals surface area contributed by atoms with Gasteiger partial charge in [-0.25, -0.2) is 0 Å². The van der Waals surface area contributed by atoms with Gasteiger partial charge < -0.3 is 3.07 Å². The summed E-state index contributed by atoms with van der Waals surface area (Å²) < 4.78 is 4.86. The molecular formula is C6H4IO. The van der Waals surface area contributed by atoms with Gasteiger partial charge in [0.15, 0.2) is 23.0 Å².